The van der Waals surface area contributed by atoms with E-state index in [0.29, 0.717) is 31.0 Å². The van der Waals surface area contributed by atoms with Gasteiger partial charge in [0, 0.05) is 31.0 Å². The Labute approximate surface area is 189 Å². The highest BCUT2D eigenvalue weighted by Crippen LogP contribution is 2.45. The van der Waals surface area contributed by atoms with Crippen LogP contribution in [0.15, 0.2) is 53.4 Å². The molecule has 2 aliphatic heterocycles. The van der Waals surface area contributed by atoms with Gasteiger partial charge in [-0.05, 0) is 50.1 Å². The number of piperidine rings is 1. The van der Waals surface area contributed by atoms with Gasteiger partial charge in [-0.25, -0.2) is 8.42 Å². The van der Waals surface area contributed by atoms with Gasteiger partial charge in [-0.3, -0.25) is 4.79 Å². The van der Waals surface area contributed by atoms with Crippen LogP contribution in [0, 0.1) is 6.92 Å². The molecule has 172 valence electrons. The van der Waals surface area contributed by atoms with E-state index in [2.05, 4.69) is 0 Å². The van der Waals surface area contributed by atoms with Crippen molar-refractivity contribution < 1.29 is 26.4 Å². The molecule has 0 aromatic heterocycles. The molecule has 0 unspecified atom stereocenters. The first kappa shape index (κ1) is 23.1. The van der Waals surface area contributed by atoms with Crippen LogP contribution in [0.2, 0.25) is 0 Å². The first-order valence-corrected chi connectivity index (χ1v) is 12.7. The Morgan fingerprint density at radius 1 is 1.03 bits per heavy atom. The number of carbonyl (C=O) groups excluding carboxylic acids is 1. The smallest absolute Gasteiger partial charge is 0.323 e. The van der Waals surface area contributed by atoms with E-state index in [-0.39, 0.29) is 23.9 Å². The van der Waals surface area contributed by atoms with Crippen molar-refractivity contribution in [2.75, 3.05) is 25.4 Å². The zero-order chi connectivity index (χ0) is 23.1. The molecular weight excluding hydrogens is 461 g/mol. The van der Waals surface area contributed by atoms with Gasteiger partial charge in [-0.1, -0.05) is 23.8 Å². The first-order valence-electron chi connectivity index (χ1n) is 10.2. The molecule has 0 aliphatic carbocycles. The Balaban J connectivity index is 1.51. The number of rotatable bonds is 3. The molecular formula is C22H23F3N2O3S2. The largest absolute Gasteiger partial charge is 0.416 e. The number of alkyl halides is 3. The van der Waals surface area contributed by atoms with Crippen LogP contribution in [0.25, 0.3) is 0 Å². The van der Waals surface area contributed by atoms with Gasteiger partial charge in [0.25, 0.3) is 5.91 Å². The molecule has 32 heavy (non-hydrogen) atoms. The van der Waals surface area contributed by atoms with E-state index in [4.69, 9.17) is 0 Å². The summed E-state index contributed by atoms with van der Waals surface area (Å²) >= 11 is 1.65. The van der Waals surface area contributed by atoms with E-state index in [1.54, 1.807) is 23.9 Å². The molecule has 4 rings (SSSR count). The van der Waals surface area contributed by atoms with Gasteiger partial charge in [0.05, 0.1) is 15.3 Å². The highest BCUT2D eigenvalue weighted by molar-refractivity contribution is 8.00. The predicted molar refractivity (Wildman–Crippen MR) is 117 cm³/mol. The Kier molecular flexibility index (Phi) is 6.06. The Morgan fingerprint density at radius 3 is 2.31 bits per heavy atom. The van der Waals surface area contributed by atoms with E-state index < -0.39 is 26.6 Å². The lowest BCUT2D eigenvalue weighted by Gasteiger charge is -2.43. The number of nitrogens with zero attached hydrogens (tertiary/aromatic N) is 2. The predicted octanol–water partition coefficient (Wildman–Crippen LogP) is 4.38. The summed E-state index contributed by atoms with van der Waals surface area (Å²) in [6.45, 7) is 2.81. The summed E-state index contributed by atoms with van der Waals surface area (Å²) in [6.07, 6.45) is -3.77. The minimum absolute atomic E-state index is 0.0795. The van der Waals surface area contributed by atoms with Crippen LogP contribution in [0.5, 0.6) is 0 Å². The second kappa shape index (κ2) is 8.39. The van der Waals surface area contributed by atoms with Crippen LogP contribution in [0.1, 0.15) is 34.3 Å². The number of hydrogen-bond acceptors (Lipinski definition) is 4. The maximum atomic E-state index is 13.1. The third kappa shape index (κ3) is 4.27. The number of benzene rings is 2. The lowest BCUT2D eigenvalue weighted by atomic mass is 10.0. The molecule has 0 radical (unpaired) electrons. The molecule has 0 saturated carbocycles. The summed E-state index contributed by atoms with van der Waals surface area (Å²) in [5.41, 5.74) is 0.657. The number of aryl methyl sites for hydroxylation is 1. The third-order valence-corrected chi connectivity index (χ3v) is 9.47. The molecule has 0 atom stereocenters. The van der Waals surface area contributed by atoms with Crippen molar-refractivity contribution >= 4 is 27.7 Å². The Morgan fingerprint density at radius 2 is 1.69 bits per heavy atom. The van der Waals surface area contributed by atoms with Gasteiger partial charge < -0.3 is 4.90 Å². The van der Waals surface area contributed by atoms with Crippen molar-refractivity contribution in [3.63, 3.8) is 0 Å². The number of thioether (sulfide) groups is 1. The fourth-order valence-electron chi connectivity index (χ4n) is 4.22. The Hall–Kier alpha value is -2.04. The van der Waals surface area contributed by atoms with Crippen molar-refractivity contribution in [2.45, 2.75) is 35.7 Å². The number of amides is 1. The summed E-state index contributed by atoms with van der Waals surface area (Å²) in [6, 6.07) is 11.2. The summed E-state index contributed by atoms with van der Waals surface area (Å²) in [5, 5.41) is 0. The van der Waals surface area contributed by atoms with Crippen molar-refractivity contribution in [1.82, 2.24) is 9.21 Å². The van der Waals surface area contributed by atoms with E-state index in [1.807, 2.05) is 24.0 Å². The quantitative estimate of drug-likeness (QED) is 0.649. The van der Waals surface area contributed by atoms with E-state index in [0.717, 1.165) is 23.4 Å². The van der Waals surface area contributed by atoms with Crippen LogP contribution in [0.4, 0.5) is 13.2 Å². The van der Waals surface area contributed by atoms with E-state index >= 15 is 0 Å². The van der Waals surface area contributed by atoms with Crippen molar-refractivity contribution in [3.8, 4) is 0 Å². The second-order valence-electron chi connectivity index (χ2n) is 8.05. The Bertz CT molecular complexity index is 1110. The fraction of sp³-hybridized carbons (Fsp3) is 0.409. The SMILES string of the molecule is Cc1ccc(C(=O)N2CCSC23CCN(S(=O)(=O)c2cccc(C(F)(F)F)c2)CC3)cc1. The monoisotopic (exact) mass is 484 g/mol. The highest BCUT2D eigenvalue weighted by Gasteiger charge is 2.48. The van der Waals surface area contributed by atoms with Gasteiger partial charge in [0.2, 0.25) is 10.0 Å². The molecule has 2 heterocycles. The van der Waals surface area contributed by atoms with Gasteiger partial charge >= 0.3 is 6.18 Å². The fourth-order valence-corrected chi connectivity index (χ4v) is 7.16. The zero-order valence-electron chi connectivity index (χ0n) is 17.4. The lowest BCUT2D eigenvalue weighted by molar-refractivity contribution is -0.137. The maximum absolute atomic E-state index is 13.1. The topological polar surface area (TPSA) is 57.7 Å². The highest BCUT2D eigenvalue weighted by atomic mass is 32.2. The third-order valence-electron chi connectivity index (χ3n) is 6.02. The molecule has 5 nitrogen and oxygen atoms in total. The minimum Gasteiger partial charge on any atom is -0.323 e. The van der Waals surface area contributed by atoms with Crippen LogP contribution in [-0.2, 0) is 16.2 Å². The van der Waals surface area contributed by atoms with Crippen molar-refractivity contribution in [2.24, 2.45) is 0 Å². The summed E-state index contributed by atoms with van der Waals surface area (Å²) in [5.74, 6) is 0.682. The average Bonchev–Trinajstić information content (AvgIpc) is 3.16. The number of sulfonamides is 1. The number of carbonyl (C=O) groups is 1. The molecule has 1 spiro atoms. The van der Waals surface area contributed by atoms with Gasteiger partial charge in [-0.2, -0.15) is 17.5 Å². The molecule has 10 heteroatoms. The molecule has 2 aromatic carbocycles. The molecule has 2 aromatic rings. The lowest BCUT2D eigenvalue weighted by Crippen LogP contribution is -2.53. The van der Waals surface area contributed by atoms with Crippen LogP contribution in [-0.4, -0.2) is 53.8 Å². The molecule has 2 aliphatic rings. The second-order valence-corrected chi connectivity index (χ2v) is 11.4. The van der Waals surface area contributed by atoms with Crippen molar-refractivity contribution in [1.29, 1.82) is 0 Å². The first-order chi connectivity index (χ1) is 15.0. The molecule has 1 amide bonds. The average molecular weight is 485 g/mol. The summed E-state index contributed by atoms with van der Waals surface area (Å²) < 4.78 is 66.3. The number of hydrogen-bond donors (Lipinski definition) is 0. The number of halogens is 3. The molecule has 0 bridgehead atoms. The zero-order valence-corrected chi connectivity index (χ0v) is 19.1. The minimum atomic E-state index is -4.62. The van der Waals surface area contributed by atoms with Gasteiger partial charge in [0.1, 0.15) is 0 Å². The molecule has 2 fully saturated rings. The normalized spacial score (nSPS) is 19.4. The standard InChI is InChI=1S/C22H23F3N2O3S2/c1-16-5-7-17(8-6-16)20(28)27-13-14-31-21(27)9-11-26(12-10-21)32(29,30)19-4-2-3-18(15-19)22(23,24)25/h2-8,15H,9-14H2,1H3. The van der Waals surface area contributed by atoms with Crippen LogP contribution in [0.3, 0.4) is 0 Å². The van der Waals surface area contributed by atoms with Crippen LogP contribution >= 0.6 is 11.8 Å². The van der Waals surface area contributed by atoms with Crippen LogP contribution < -0.4 is 0 Å². The summed E-state index contributed by atoms with van der Waals surface area (Å²) in [7, 11) is -4.07. The maximum Gasteiger partial charge on any atom is 0.416 e. The molecule has 2 saturated heterocycles. The van der Waals surface area contributed by atoms with E-state index in [1.165, 1.54) is 10.4 Å². The van der Waals surface area contributed by atoms with Gasteiger partial charge in [-0.15, -0.1) is 11.8 Å². The van der Waals surface area contributed by atoms with Crippen molar-refractivity contribution in [3.05, 3.63) is 65.2 Å². The van der Waals surface area contributed by atoms with Gasteiger partial charge in [0.15, 0.2) is 0 Å². The summed E-state index contributed by atoms with van der Waals surface area (Å²) in [4.78, 5) is 14.1. The van der Waals surface area contributed by atoms with E-state index in [9.17, 15) is 26.4 Å². The molecule has 0 N–H and O–H groups in total.